The highest BCUT2D eigenvalue weighted by atomic mass is 16.5. The van der Waals surface area contributed by atoms with Gasteiger partial charge in [-0.2, -0.15) is 0 Å². The predicted octanol–water partition coefficient (Wildman–Crippen LogP) is 1.42. The minimum Gasteiger partial charge on any atom is -0.478 e. The molecule has 0 aliphatic carbocycles. The van der Waals surface area contributed by atoms with Gasteiger partial charge in [0.15, 0.2) is 0 Å². The van der Waals surface area contributed by atoms with Gasteiger partial charge in [-0.15, -0.1) is 0 Å². The highest BCUT2D eigenvalue weighted by molar-refractivity contribution is 6.00. The Morgan fingerprint density at radius 2 is 1.78 bits per heavy atom. The molecule has 1 heterocycles. The van der Waals surface area contributed by atoms with E-state index >= 15 is 0 Å². The molecule has 1 unspecified atom stereocenters. The number of benzene rings is 2. The molecule has 2 aromatic rings. The SMILES string of the molecule is O=C(O)c1ccc2cc(C(=O)NCC3(O)CCOC3)ccc2c1. The molecule has 1 amide bonds. The summed E-state index contributed by atoms with van der Waals surface area (Å²) < 4.78 is 5.14. The van der Waals surface area contributed by atoms with Crippen molar-refractivity contribution in [2.24, 2.45) is 0 Å². The number of hydrogen-bond donors (Lipinski definition) is 3. The Labute approximate surface area is 132 Å². The smallest absolute Gasteiger partial charge is 0.335 e. The van der Waals surface area contributed by atoms with Crippen LogP contribution in [0.25, 0.3) is 10.8 Å². The number of nitrogens with one attached hydrogen (secondary N) is 1. The summed E-state index contributed by atoms with van der Waals surface area (Å²) in [5, 5.41) is 23.4. The highest BCUT2D eigenvalue weighted by Crippen LogP contribution is 2.19. The van der Waals surface area contributed by atoms with Gasteiger partial charge in [0.2, 0.25) is 0 Å². The van der Waals surface area contributed by atoms with Crippen LogP contribution in [-0.2, 0) is 4.74 Å². The van der Waals surface area contributed by atoms with Crippen molar-refractivity contribution in [1.29, 1.82) is 0 Å². The number of carboxylic acid groups (broad SMARTS) is 1. The second-order valence-corrected chi connectivity index (χ2v) is 5.79. The molecule has 6 heteroatoms. The van der Waals surface area contributed by atoms with Gasteiger partial charge in [0.05, 0.1) is 12.2 Å². The van der Waals surface area contributed by atoms with E-state index in [2.05, 4.69) is 5.32 Å². The van der Waals surface area contributed by atoms with Gasteiger partial charge >= 0.3 is 5.97 Å². The number of rotatable bonds is 4. The van der Waals surface area contributed by atoms with Crippen LogP contribution in [0.3, 0.4) is 0 Å². The molecule has 0 saturated carbocycles. The molecule has 0 radical (unpaired) electrons. The monoisotopic (exact) mass is 315 g/mol. The van der Waals surface area contributed by atoms with Crippen molar-refractivity contribution >= 4 is 22.6 Å². The van der Waals surface area contributed by atoms with Crippen LogP contribution in [0.4, 0.5) is 0 Å². The first kappa shape index (κ1) is 15.5. The molecule has 0 spiro atoms. The van der Waals surface area contributed by atoms with Crippen LogP contribution in [0, 0.1) is 0 Å². The molecule has 2 aromatic carbocycles. The van der Waals surface area contributed by atoms with Crippen molar-refractivity contribution in [1.82, 2.24) is 5.32 Å². The maximum atomic E-state index is 12.2. The topological polar surface area (TPSA) is 95.9 Å². The molecule has 1 aliphatic rings. The fourth-order valence-corrected chi connectivity index (χ4v) is 2.60. The lowest BCUT2D eigenvalue weighted by molar-refractivity contribution is 0.0264. The molecule has 3 N–H and O–H groups in total. The molecule has 1 saturated heterocycles. The molecule has 1 fully saturated rings. The van der Waals surface area contributed by atoms with Gasteiger partial charge in [0.25, 0.3) is 5.91 Å². The van der Waals surface area contributed by atoms with Crippen molar-refractivity contribution in [2.75, 3.05) is 19.8 Å². The number of hydrogen-bond acceptors (Lipinski definition) is 4. The van der Waals surface area contributed by atoms with Crippen LogP contribution < -0.4 is 5.32 Å². The Morgan fingerprint density at radius 3 is 2.39 bits per heavy atom. The van der Waals surface area contributed by atoms with Gasteiger partial charge in [-0.05, 0) is 35.0 Å². The summed E-state index contributed by atoms with van der Waals surface area (Å²) in [4.78, 5) is 23.2. The summed E-state index contributed by atoms with van der Waals surface area (Å²) in [6.45, 7) is 0.860. The highest BCUT2D eigenvalue weighted by Gasteiger charge is 2.32. The lowest BCUT2D eigenvalue weighted by Crippen LogP contribution is -2.43. The van der Waals surface area contributed by atoms with E-state index in [9.17, 15) is 14.7 Å². The van der Waals surface area contributed by atoms with Gasteiger partial charge in [0, 0.05) is 25.1 Å². The van der Waals surface area contributed by atoms with Gasteiger partial charge in [0.1, 0.15) is 5.60 Å². The average molecular weight is 315 g/mol. The number of ether oxygens (including phenoxy) is 1. The zero-order valence-electron chi connectivity index (χ0n) is 12.4. The summed E-state index contributed by atoms with van der Waals surface area (Å²) in [6, 6.07) is 9.80. The quantitative estimate of drug-likeness (QED) is 0.793. The molecule has 120 valence electrons. The van der Waals surface area contributed by atoms with Crippen LogP contribution in [0.15, 0.2) is 36.4 Å². The number of fused-ring (bicyclic) bond motifs is 1. The summed E-state index contributed by atoms with van der Waals surface area (Å²) >= 11 is 0. The molecule has 23 heavy (non-hydrogen) atoms. The molecule has 0 bridgehead atoms. The first-order valence-corrected chi connectivity index (χ1v) is 7.32. The summed E-state index contributed by atoms with van der Waals surface area (Å²) in [7, 11) is 0. The fourth-order valence-electron chi connectivity index (χ4n) is 2.60. The standard InChI is InChI=1S/C17H17NO5/c19-15(18-9-17(22)5-6-23-10-17)13-3-1-12-8-14(16(20)21)4-2-11(12)7-13/h1-4,7-8,22H,5-6,9-10H2,(H,18,19)(H,20,21). The number of aromatic carboxylic acids is 1. The van der Waals surface area contributed by atoms with E-state index in [0.717, 1.165) is 10.8 Å². The van der Waals surface area contributed by atoms with E-state index in [1.807, 2.05) is 0 Å². The summed E-state index contributed by atoms with van der Waals surface area (Å²) in [6.07, 6.45) is 0.503. The molecular weight excluding hydrogens is 298 g/mol. The van der Waals surface area contributed by atoms with Crippen LogP contribution in [0.2, 0.25) is 0 Å². The van der Waals surface area contributed by atoms with Gasteiger partial charge in [-0.3, -0.25) is 4.79 Å². The number of carbonyl (C=O) groups excluding carboxylic acids is 1. The Morgan fingerprint density at radius 1 is 1.13 bits per heavy atom. The van der Waals surface area contributed by atoms with E-state index < -0.39 is 11.6 Å². The molecule has 0 aromatic heterocycles. The number of aliphatic hydroxyl groups is 1. The number of carbonyl (C=O) groups is 2. The predicted molar refractivity (Wildman–Crippen MR) is 83.6 cm³/mol. The average Bonchev–Trinajstić information content (AvgIpc) is 2.98. The van der Waals surface area contributed by atoms with Crippen LogP contribution in [-0.4, -0.2) is 47.4 Å². The normalized spacial score (nSPS) is 20.6. The van der Waals surface area contributed by atoms with Gasteiger partial charge < -0.3 is 20.3 Å². The lowest BCUT2D eigenvalue weighted by Gasteiger charge is -2.20. The second-order valence-electron chi connectivity index (χ2n) is 5.79. The molecule has 6 nitrogen and oxygen atoms in total. The zero-order chi connectivity index (χ0) is 16.4. The Bertz CT molecular complexity index is 765. The fraction of sp³-hybridized carbons (Fsp3) is 0.294. The molecular formula is C17H17NO5. The number of amides is 1. The van der Waals surface area contributed by atoms with E-state index in [4.69, 9.17) is 9.84 Å². The van der Waals surface area contributed by atoms with E-state index in [0.29, 0.717) is 18.6 Å². The van der Waals surface area contributed by atoms with Crippen LogP contribution in [0.5, 0.6) is 0 Å². The third-order valence-corrected chi connectivity index (χ3v) is 4.01. The maximum Gasteiger partial charge on any atom is 0.335 e. The Kier molecular flexibility index (Phi) is 4.02. The third kappa shape index (κ3) is 3.33. The van der Waals surface area contributed by atoms with E-state index in [1.54, 1.807) is 30.3 Å². The summed E-state index contributed by atoms with van der Waals surface area (Å²) in [5.74, 6) is -1.27. The van der Waals surface area contributed by atoms with E-state index in [1.165, 1.54) is 6.07 Å². The molecule has 1 atom stereocenters. The van der Waals surface area contributed by atoms with Crippen molar-refractivity contribution in [3.63, 3.8) is 0 Å². The van der Waals surface area contributed by atoms with Crippen LogP contribution >= 0.6 is 0 Å². The maximum absolute atomic E-state index is 12.2. The largest absolute Gasteiger partial charge is 0.478 e. The summed E-state index contributed by atoms with van der Waals surface area (Å²) in [5.41, 5.74) is -0.329. The first-order valence-electron chi connectivity index (χ1n) is 7.32. The number of carboxylic acids is 1. The minimum atomic E-state index is -0.997. The Hall–Kier alpha value is -2.44. The van der Waals surface area contributed by atoms with Gasteiger partial charge in [-0.25, -0.2) is 4.79 Å². The van der Waals surface area contributed by atoms with Crippen LogP contribution in [0.1, 0.15) is 27.1 Å². The Balaban J connectivity index is 1.75. The minimum absolute atomic E-state index is 0.141. The molecule has 3 rings (SSSR count). The molecule has 1 aliphatic heterocycles. The lowest BCUT2D eigenvalue weighted by atomic mass is 10.0. The van der Waals surface area contributed by atoms with E-state index in [-0.39, 0.29) is 24.6 Å². The van der Waals surface area contributed by atoms with Crippen molar-refractivity contribution < 1.29 is 24.5 Å². The van der Waals surface area contributed by atoms with Crippen molar-refractivity contribution in [2.45, 2.75) is 12.0 Å². The third-order valence-electron chi connectivity index (χ3n) is 4.01. The second kappa shape index (κ2) is 5.98. The van der Waals surface area contributed by atoms with Crippen molar-refractivity contribution in [3.8, 4) is 0 Å². The zero-order valence-corrected chi connectivity index (χ0v) is 12.4. The first-order chi connectivity index (χ1) is 11.0. The van der Waals surface area contributed by atoms with Gasteiger partial charge in [-0.1, -0.05) is 12.1 Å². The van der Waals surface area contributed by atoms with Crippen molar-refractivity contribution in [3.05, 3.63) is 47.5 Å².